The molecule has 1 aromatic heterocycles. The molecular weight excluding hydrogens is 438 g/mol. The van der Waals surface area contributed by atoms with Gasteiger partial charge >= 0.3 is 0 Å². The zero-order valence-corrected chi connectivity index (χ0v) is 18.5. The van der Waals surface area contributed by atoms with E-state index in [0.717, 1.165) is 4.47 Å². The maximum Gasteiger partial charge on any atom is 0.282 e. The van der Waals surface area contributed by atoms with Crippen LogP contribution in [0, 0.1) is 0 Å². The standard InChI is InChI=1S/C21H22BrN3O4/c1-12(2)20-24-16-7-6-14(22)10-15(16)21(26)25(20)23-11-13-8-17(27-3)19(29-5)18(9-13)28-4/h6-12H,1-5H3. The molecule has 3 rings (SSSR count). The van der Waals surface area contributed by atoms with Gasteiger partial charge in [-0.25, -0.2) is 4.98 Å². The van der Waals surface area contributed by atoms with Crippen molar-refractivity contribution in [2.24, 2.45) is 5.10 Å². The van der Waals surface area contributed by atoms with Gasteiger partial charge < -0.3 is 14.2 Å². The summed E-state index contributed by atoms with van der Waals surface area (Å²) in [7, 11) is 4.64. The van der Waals surface area contributed by atoms with Crippen molar-refractivity contribution in [1.29, 1.82) is 0 Å². The average molecular weight is 460 g/mol. The predicted octanol–water partition coefficient (Wildman–Crippen LogP) is 4.19. The zero-order chi connectivity index (χ0) is 21.1. The van der Waals surface area contributed by atoms with Crippen LogP contribution in [-0.2, 0) is 0 Å². The molecule has 0 amide bonds. The number of ether oxygens (including phenoxy) is 3. The SMILES string of the molecule is COc1cc(C=Nn2c(C(C)C)nc3ccc(Br)cc3c2=O)cc(OC)c1OC. The Labute approximate surface area is 177 Å². The third-order valence-electron chi connectivity index (χ3n) is 4.36. The van der Waals surface area contributed by atoms with Gasteiger partial charge in [-0.3, -0.25) is 4.79 Å². The van der Waals surface area contributed by atoms with Crippen LogP contribution >= 0.6 is 15.9 Å². The van der Waals surface area contributed by atoms with Gasteiger partial charge in [-0.05, 0) is 30.3 Å². The van der Waals surface area contributed by atoms with Crippen molar-refractivity contribution in [2.45, 2.75) is 19.8 Å². The lowest BCUT2D eigenvalue weighted by Crippen LogP contribution is -2.23. The molecule has 0 bridgehead atoms. The number of rotatable bonds is 6. The Morgan fingerprint density at radius 2 is 1.72 bits per heavy atom. The lowest BCUT2D eigenvalue weighted by molar-refractivity contribution is 0.324. The minimum atomic E-state index is -0.233. The number of fused-ring (bicyclic) bond motifs is 1. The Hall–Kier alpha value is -2.87. The molecule has 0 spiro atoms. The van der Waals surface area contributed by atoms with E-state index in [0.29, 0.717) is 39.5 Å². The second-order valence-electron chi connectivity index (χ2n) is 6.61. The summed E-state index contributed by atoms with van der Waals surface area (Å²) in [5.74, 6) is 2.08. The van der Waals surface area contributed by atoms with Crippen LogP contribution in [0.3, 0.4) is 0 Å². The number of nitrogens with zero attached hydrogens (tertiary/aromatic N) is 3. The minimum absolute atomic E-state index is 0.00726. The molecule has 0 radical (unpaired) electrons. The molecule has 3 aromatic rings. The number of hydrogen-bond acceptors (Lipinski definition) is 6. The molecule has 29 heavy (non-hydrogen) atoms. The van der Waals surface area contributed by atoms with Crippen LogP contribution in [0.2, 0.25) is 0 Å². The summed E-state index contributed by atoms with van der Waals surface area (Å²) >= 11 is 3.41. The summed E-state index contributed by atoms with van der Waals surface area (Å²) in [6, 6.07) is 8.95. The number of methoxy groups -OCH3 is 3. The highest BCUT2D eigenvalue weighted by atomic mass is 79.9. The van der Waals surface area contributed by atoms with E-state index in [1.807, 2.05) is 26.0 Å². The minimum Gasteiger partial charge on any atom is -0.493 e. The molecule has 0 atom stereocenters. The first-order chi connectivity index (χ1) is 13.9. The molecule has 8 heteroatoms. The van der Waals surface area contributed by atoms with Crippen molar-refractivity contribution in [1.82, 2.24) is 9.66 Å². The summed E-state index contributed by atoms with van der Waals surface area (Å²) in [5, 5.41) is 4.92. The van der Waals surface area contributed by atoms with Crippen LogP contribution in [0.25, 0.3) is 10.9 Å². The lowest BCUT2D eigenvalue weighted by atomic mass is 10.2. The highest BCUT2D eigenvalue weighted by molar-refractivity contribution is 9.10. The summed E-state index contributed by atoms with van der Waals surface area (Å²) in [6.07, 6.45) is 1.57. The van der Waals surface area contributed by atoms with Gasteiger partial charge in [0.2, 0.25) is 5.75 Å². The second-order valence-corrected chi connectivity index (χ2v) is 7.52. The van der Waals surface area contributed by atoms with E-state index in [1.54, 1.807) is 45.7 Å². The Bertz CT molecular complexity index is 1110. The van der Waals surface area contributed by atoms with Crippen LogP contribution < -0.4 is 19.8 Å². The molecule has 0 aliphatic heterocycles. The third-order valence-corrected chi connectivity index (χ3v) is 4.85. The van der Waals surface area contributed by atoms with Crippen LogP contribution in [-0.4, -0.2) is 37.2 Å². The Morgan fingerprint density at radius 1 is 1.07 bits per heavy atom. The first-order valence-electron chi connectivity index (χ1n) is 8.96. The number of hydrogen-bond donors (Lipinski definition) is 0. The summed E-state index contributed by atoms with van der Waals surface area (Å²) in [6.45, 7) is 3.94. The van der Waals surface area contributed by atoms with Crippen molar-refractivity contribution in [3.8, 4) is 17.2 Å². The van der Waals surface area contributed by atoms with Gasteiger partial charge in [-0.15, -0.1) is 0 Å². The normalized spacial score (nSPS) is 11.4. The van der Waals surface area contributed by atoms with E-state index < -0.39 is 0 Å². The number of benzene rings is 2. The maximum atomic E-state index is 13.1. The molecule has 7 nitrogen and oxygen atoms in total. The molecule has 0 saturated heterocycles. The van der Waals surface area contributed by atoms with Crippen LogP contribution in [0.5, 0.6) is 17.2 Å². The predicted molar refractivity (Wildman–Crippen MR) is 117 cm³/mol. The third kappa shape index (κ3) is 4.12. The molecule has 0 N–H and O–H groups in total. The van der Waals surface area contributed by atoms with Gasteiger partial charge in [-0.1, -0.05) is 29.8 Å². The van der Waals surface area contributed by atoms with Crippen molar-refractivity contribution in [3.63, 3.8) is 0 Å². The molecular formula is C21H22BrN3O4. The van der Waals surface area contributed by atoms with E-state index in [1.165, 1.54) is 4.68 Å². The molecule has 0 aliphatic rings. The van der Waals surface area contributed by atoms with Crippen LogP contribution in [0.15, 0.2) is 44.7 Å². The fourth-order valence-corrected chi connectivity index (χ4v) is 3.31. The highest BCUT2D eigenvalue weighted by Gasteiger charge is 2.15. The first-order valence-corrected chi connectivity index (χ1v) is 9.75. The fourth-order valence-electron chi connectivity index (χ4n) is 2.95. The van der Waals surface area contributed by atoms with Gasteiger partial charge in [0, 0.05) is 16.0 Å². The number of halogens is 1. The van der Waals surface area contributed by atoms with Gasteiger partial charge in [-0.2, -0.15) is 9.78 Å². The highest BCUT2D eigenvalue weighted by Crippen LogP contribution is 2.37. The van der Waals surface area contributed by atoms with E-state index in [9.17, 15) is 4.79 Å². The Balaban J connectivity index is 2.17. The smallest absolute Gasteiger partial charge is 0.282 e. The Kier molecular flexibility index (Phi) is 6.22. The average Bonchev–Trinajstić information content (AvgIpc) is 2.72. The molecule has 0 saturated carbocycles. The Morgan fingerprint density at radius 3 is 2.28 bits per heavy atom. The molecule has 2 aromatic carbocycles. The van der Waals surface area contributed by atoms with Gasteiger partial charge in [0.15, 0.2) is 11.5 Å². The van der Waals surface area contributed by atoms with Crippen molar-refractivity contribution in [2.75, 3.05) is 21.3 Å². The van der Waals surface area contributed by atoms with Crippen LogP contribution in [0.1, 0.15) is 31.2 Å². The topological polar surface area (TPSA) is 74.9 Å². The summed E-state index contributed by atoms with van der Waals surface area (Å²) < 4.78 is 18.2. The second kappa shape index (κ2) is 8.65. The van der Waals surface area contributed by atoms with Gasteiger partial charge in [0.1, 0.15) is 5.82 Å². The van der Waals surface area contributed by atoms with Crippen molar-refractivity contribution < 1.29 is 14.2 Å². The molecule has 152 valence electrons. The molecule has 1 heterocycles. The largest absolute Gasteiger partial charge is 0.493 e. The monoisotopic (exact) mass is 459 g/mol. The van der Waals surface area contributed by atoms with E-state index in [-0.39, 0.29) is 11.5 Å². The zero-order valence-electron chi connectivity index (χ0n) is 16.9. The quantitative estimate of drug-likeness (QED) is 0.516. The van der Waals surface area contributed by atoms with E-state index in [2.05, 4.69) is 26.0 Å². The first kappa shape index (κ1) is 20.9. The summed E-state index contributed by atoms with van der Waals surface area (Å²) in [4.78, 5) is 17.7. The van der Waals surface area contributed by atoms with Gasteiger partial charge in [0.25, 0.3) is 5.56 Å². The van der Waals surface area contributed by atoms with Crippen molar-refractivity contribution in [3.05, 3.63) is 56.5 Å². The number of aromatic nitrogens is 2. The molecule has 0 unspecified atom stereocenters. The van der Waals surface area contributed by atoms with Crippen LogP contribution in [0.4, 0.5) is 0 Å². The van der Waals surface area contributed by atoms with Gasteiger partial charge in [0.05, 0.1) is 38.4 Å². The maximum absolute atomic E-state index is 13.1. The lowest BCUT2D eigenvalue weighted by Gasteiger charge is -2.13. The molecule has 0 fully saturated rings. The van der Waals surface area contributed by atoms with E-state index in [4.69, 9.17) is 14.2 Å². The van der Waals surface area contributed by atoms with E-state index >= 15 is 0 Å². The molecule has 0 aliphatic carbocycles. The van der Waals surface area contributed by atoms with Crippen molar-refractivity contribution >= 4 is 33.0 Å². The fraction of sp³-hybridized carbons (Fsp3) is 0.286. The summed E-state index contributed by atoms with van der Waals surface area (Å²) in [5.41, 5.74) is 1.10.